The molecule has 0 amide bonds. The van der Waals surface area contributed by atoms with E-state index in [1.807, 2.05) is 35.9 Å². The summed E-state index contributed by atoms with van der Waals surface area (Å²) in [5.41, 5.74) is 2.71. The number of fused-ring (bicyclic) bond motifs is 1. The number of pyridine rings is 1. The molecule has 0 saturated heterocycles. The largest absolute Gasteiger partial charge is 0.495 e. The fourth-order valence-electron chi connectivity index (χ4n) is 2.50. The fourth-order valence-corrected chi connectivity index (χ4v) is 2.50. The lowest BCUT2D eigenvalue weighted by atomic mass is 10.1. The second-order valence-electron chi connectivity index (χ2n) is 4.91. The van der Waals surface area contributed by atoms with E-state index in [9.17, 15) is 5.11 Å². The van der Waals surface area contributed by atoms with Crippen LogP contribution in [0.4, 0.5) is 0 Å². The van der Waals surface area contributed by atoms with Gasteiger partial charge in [0, 0.05) is 25.2 Å². The van der Waals surface area contributed by atoms with Crippen LogP contribution in [0.25, 0.3) is 11.0 Å². The molecular formula is C16H17N3O2. The van der Waals surface area contributed by atoms with Crippen molar-refractivity contribution >= 4 is 11.0 Å². The maximum atomic E-state index is 10.5. The molecule has 1 N–H and O–H groups in total. The number of aliphatic hydroxyl groups excluding tert-OH is 1. The minimum atomic E-state index is -0.682. The highest BCUT2D eigenvalue weighted by atomic mass is 16.5. The topological polar surface area (TPSA) is 60.2 Å². The van der Waals surface area contributed by atoms with Crippen molar-refractivity contribution in [3.8, 4) is 5.75 Å². The molecule has 1 unspecified atom stereocenters. The second kappa shape index (κ2) is 5.54. The van der Waals surface area contributed by atoms with Crippen molar-refractivity contribution < 1.29 is 9.84 Å². The van der Waals surface area contributed by atoms with E-state index in [1.54, 1.807) is 25.6 Å². The van der Waals surface area contributed by atoms with Gasteiger partial charge in [0.2, 0.25) is 0 Å². The van der Waals surface area contributed by atoms with Gasteiger partial charge in [0.25, 0.3) is 0 Å². The van der Waals surface area contributed by atoms with Crippen LogP contribution >= 0.6 is 0 Å². The zero-order chi connectivity index (χ0) is 14.8. The van der Waals surface area contributed by atoms with Gasteiger partial charge in [0.15, 0.2) is 0 Å². The number of imidazole rings is 1. The molecule has 0 aliphatic heterocycles. The van der Waals surface area contributed by atoms with Gasteiger partial charge >= 0.3 is 0 Å². The van der Waals surface area contributed by atoms with Gasteiger partial charge in [-0.3, -0.25) is 4.98 Å². The van der Waals surface area contributed by atoms with Gasteiger partial charge in [-0.2, -0.15) is 0 Å². The summed E-state index contributed by atoms with van der Waals surface area (Å²) in [6.45, 7) is 0. The molecule has 3 rings (SSSR count). The molecule has 2 heterocycles. The smallest absolute Gasteiger partial charge is 0.142 e. The zero-order valence-corrected chi connectivity index (χ0v) is 12.0. The number of para-hydroxylation sites is 2. The van der Waals surface area contributed by atoms with Crippen molar-refractivity contribution in [3.63, 3.8) is 0 Å². The van der Waals surface area contributed by atoms with Crippen molar-refractivity contribution in [2.45, 2.75) is 12.5 Å². The summed E-state index contributed by atoms with van der Waals surface area (Å²) >= 11 is 0. The van der Waals surface area contributed by atoms with Gasteiger partial charge in [-0.05, 0) is 18.2 Å². The summed E-state index contributed by atoms with van der Waals surface area (Å²) in [6, 6.07) is 9.70. The lowest BCUT2D eigenvalue weighted by Crippen LogP contribution is -2.08. The van der Waals surface area contributed by atoms with E-state index in [0.717, 1.165) is 22.4 Å². The molecule has 0 bridgehead atoms. The standard InChI is InChI=1S/C16H17N3O2/c1-19-13-6-4-3-5-12(13)18-16(19)9-14(20)11-7-8-17-10-15(11)21-2/h3-8,10,14,20H,9H2,1-2H3. The third kappa shape index (κ3) is 2.48. The number of ether oxygens (including phenoxy) is 1. The predicted molar refractivity (Wildman–Crippen MR) is 80.2 cm³/mol. The number of benzene rings is 1. The van der Waals surface area contributed by atoms with E-state index < -0.39 is 6.10 Å². The highest BCUT2D eigenvalue weighted by Crippen LogP contribution is 2.27. The molecule has 0 spiro atoms. The molecule has 1 aromatic carbocycles. The van der Waals surface area contributed by atoms with Gasteiger partial charge in [-0.15, -0.1) is 0 Å². The number of hydrogen-bond acceptors (Lipinski definition) is 4. The Morgan fingerprint density at radius 2 is 2.10 bits per heavy atom. The van der Waals surface area contributed by atoms with E-state index in [-0.39, 0.29) is 0 Å². The number of nitrogens with zero attached hydrogens (tertiary/aromatic N) is 3. The molecule has 5 heteroatoms. The quantitative estimate of drug-likeness (QED) is 0.798. The van der Waals surface area contributed by atoms with E-state index >= 15 is 0 Å². The van der Waals surface area contributed by atoms with Gasteiger partial charge in [-0.25, -0.2) is 4.98 Å². The highest BCUT2D eigenvalue weighted by Gasteiger charge is 2.17. The highest BCUT2D eigenvalue weighted by molar-refractivity contribution is 5.75. The fraction of sp³-hybridized carbons (Fsp3) is 0.250. The number of methoxy groups -OCH3 is 1. The molecule has 5 nitrogen and oxygen atoms in total. The summed E-state index contributed by atoms with van der Waals surface area (Å²) < 4.78 is 7.25. The SMILES string of the molecule is COc1cnccc1C(O)Cc1nc2ccccc2n1C. The maximum absolute atomic E-state index is 10.5. The van der Waals surface area contributed by atoms with Gasteiger partial charge in [-0.1, -0.05) is 12.1 Å². The van der Waals surface area contributed by atoms with Gasteiger partial charge in [0.05, 0.1) is 30.4 Å². The number of hydrogen-bond donors (Lipinski definition) is 1. The van der Waals surface area contributed by atoms with Crippen molar-refractivity contribution in [3.05, 3.63) is 54.1 Å². The third-order valence-electron chi connectivity index (χ3n) is 3.65. The van der Waals surface area contributed by atoms with Crippen molar-refractivity contribution in [1.82, 2.24) is 14.5 Å². The lowest BCUT2D eigenvalue weighted by molar-refractivity contribution is 0.170. The predicted octanol–water partition coefficient (Wildman–Crippen LogP) is 2.25. The average Bonchev–Trinajstić information content (AvgIpc) is 2.84. The Balaban J connectivity index is 1.93. The Labute approximate surface area is 122 Å². The molecule has 3 aromatic rings. The summed E-state index contributed by atoms with van der Waals surface area (Å²) in [5, 5.41) is 10.5. The van der Waals surface area contributed by atoms with E-state index in [4.69, 9.17) is 4.74 Å². The minimum Gasteiger partial charge on any atom is -0.495 e. The summed E-state index contributed by atoms with van der Waals surface area (Å²) in [4.78, 5) is 8.58. The number of aromatic nitrogens is 3. The first kappa shape index (κ1) is 13.6. The zero-order valence-electron chi connectivity index (χ0n) is 12.0. The van der Waals surface area contributed by atoms with Crippen LogP contribution in [-0.4, -0.2) is 26.8 Å². The second-order valence-corrected chi connectivity index (χ2v) is 4.91. The first-order valence-electron chi connectivity index (χ1n) is 6.77. The first-order chi connectivity index (χ1) is 10.2. The van der Waals surface area contributed by atoms with Crippen LogP contribution in [0.5, 0.6) is 5.75 Å². The normalized spacial score (nSPS) is 12.5. The molecule has 0 radical (unpaired) electrons. The third-order valence-corrected chi connectivity index (χ3v) is 3.65. The molecule has 2 aromatic heterocycles. The van der Waals surface area contributed by atoms with Crippen LogP contribution in [0.2, 0.25) is 0 Å². The van der Waals surface area contributed by atoms with Crippen LogP contribution in [-0.2, 0) is 13.5 Å². The molecule has 0 aliphatic rings. The molecule has 1 atom stereocenters. The average molecular weight is 283 g/mol. The van der Waals surface area contributed by atoms with E-state index in [2.05, 4.69) is 9.97 Å². The Morgan fingerprint density at radius 1 is 1.29 bits per heavy atom. The van der Waals surface area contributed by atoms with Crippen LogP contribution in [0.1, 0.15) is 17.5 Å². The maximum Gasteiger partial charge on any atom is 0.142 e. The summed E-state index contributed by atoms with van der Waals surface area (Å²) in [6.07, 6.45) is 2.99. The molecule has 108 valence electrons. The summed E-state index contributed by atoms with van der Waals surface area (Å²) in [7, 11) is 3.53. The first-order valence-corrected chi connectivity index (χ1v) is 6.77. The van der Waals surface area contributed by atoms with Gasteiger partial charge < -0.3 is 14.4 Å². The number of rotatable bonds is 4. The van der Waals surface area contributed by atoms with E-state index in [1.165, 1.54) is 0 Å². The molecule has 0 saturated carbocycles. The van der Waals surface area contributed by atoms with Crippen LogP contribution in [0.3, 0.4) is 0 Å². The number of aliphatic hydroxyl groups is 1. The molecule has 0 fully saturated rings. The molecule has 21 heavy (non-hydrogen) atoms. The van der Waals surface area contributed by atoms with Crippen molar-refractivity contribution in [1.29, 1.82) is 0 Å². The number of aryl methyl sites for hydroxylation is 1. The van der Waals surface area contributed by atoms with Crippen LogP contribution < -0.4 is 4.74 Å². The van der Waals surface area contributed by atoms with E-state index in [0.29, 0.717) is 12.2 Å². The molecule has 0 aliphatic carbocycles. The Kier molecular flexibility index (Phi) is 3.58. The lowest BCUT2D eigenvalue weighted by Gasteiger charge is -2.14. The van der Waals surface area contributed by atoms with Gasteiger partial charge in [0.1, 0.15) is 11.6 Å². The summed E-state index contributed by atoms with van der Waals surface area (Å²) in [5.74, 6) is 1.42. The Hall–Kier alpha value is -2.40. The van der Waals surface area contributed by atoms with Crippen LogP contribution in [0, 0.1) is 0 Å². The monoisotopic (exact) mass is 283 g/mol. The molecular weight excluding hydrogens is 266 g/mol. The van der Waals surface area contributed by atoms with Crippen molar-refractivity contribution in [2.75, 3.05) is 7.11 Å². The Bertz CT molecular complexity index is 767. The van der Waals surface area contributed by atoms with Crippen LogP contribution in [0.15, 0.2) is 42.7 Å². The minimum absolute atomic E-state index is 0.422. The van der Waals surface area contributed by atoms with Crippen molar-refractivity contribution in [2.24, 2.45) is 7.05 Å². The Morgan fingerprint density at radius 3 is 2.86 bits per heavy atom.